The minimum atomic E-state index is 0.467. The monoisotopic (exact) mass is 207 g/mol. The molecule has 0 saturated heterocycles. The van der Waals surface area contributed by atoms with Gasteiger partial charge in [-0.2, -0.15) is 0 Å². The van der Waals surface area contributed by atoms with E-state index in [-0.39, 0.29) is 0 Å². The van der Waals surface area contributed by atoms with Crippen molar-refractivity contribution in [3.63, 3.8) is 0 Å². The highest BCUT2D eigenvalue weighted by molar-refractivity contribution is 5.36. The zero-order valence-electron chi connectivity index (χ0n) is 10.9. The number of hydrogen-bond acceptors (Lipinski definition) is 1. The molecule has 0 rings (SSSR count). The molecule has 15 heavy (non-hydrogen) atoms. The van der Waals surface area contributed by atoms with Crippen molar-refractivity contribution in [1.82, 2.24) is 4.90 Å². The third kappa shape index (κ3) is 4.87. The lowest BCUT2D eigenvalue weighted by Gasteiger charge is -2.26. The Kier molecular flexibility index (Phi) is 6.07. The van der Waals surface area contributed by atoms with Crippen molar-refractivity contribution < 1.29 is 0 Å². The fourth-order valence-corrected chi connectivity index (χ4v) is 1.39. The van der Waals surface area contributed by atoms with E-state index in [1.165, 1.54) is 12.0 Å². The fraction of sp³-hybridized carbons (Fsp3) is 0.571. The van der Waals surface area contributed by atoms with Crippen LogP contribution in [0.1, 0.15) is 40.5 Å². The van der Waals surface area contributed by atoms with Gasteiger partial charge in [0.15, 0.2) is 0 Å². The summed E-state index contributed by atoms with van der Waals surface area (Å²) in [5.41, 5.74) is 3.42. The summed E-state index contributed by atoms with van der Waals surface area (Å²) in [5, 5.41) is 0. The largest absolute Gasteiger partial charge is 0.372 e. The summed E-state index contributed by atoms with van der Waals surface area (Å²) in [6, 6.07) is 0.467. The summed E-state index contributed by atoms with van der Waals surface area (Å²) in [6.07, 6.45) is 4.46. The predicted molar refractivity (Wildman–Crippen MR) is 69.8 cm³/mol. The van der Waals surface area contributed by atoms with Gasteiger partial charge in [0.2, 0.25) is 0 Å². The SMILES string of the molecule is C=C(C=C(C)CCC)C(=C)N(C)C(C)C. The van der Waals surface area contributed by atoms with Crippen molar-refractivity contribution in [2.24, 2.45) is 0 Å². The molecule has 0 atom stereocenters. The van der Waals surface area contributed by atoms with Crippen molar-refractivity contribution in [2.45, 2.75) is 46.6 Å². The van der Waals surface area contributed by atoms with E-state index < -0.39 is 0 Å². The molecule has 0 amide bonds. The van der Waals surface area contributed by atoms with E-state index in [0.29, 0.717) is 6.04 Å². The zero-order chi connectivity index (χ0) is 12.0. The van der Waals surface area contributed by atoms with Gasteiger partial charge in [-0.15, -0.1) is 0 Å². The van der Waals surface area contributed by atoms with Gasteiger partial charge in [0, 0.05) is 18.8 Å². The molecule has 0 aromatic heterocycles. The Bertz CT molecular complexity index is 259. The Hall–Kier alpha value is -0.980. The van der Waals surface area contributed by atoms with Crippen LogP contribution >= 0.6 is 0 Å². The van der Waals surface area contributed by atoms with E-state index in [9.17, 15) is 0 Å². The first-order valence-corrected chi connectivity index (χ1v) is 5.68. The van der Waals surface area contributed by atoms with Crippen LogP contribution in [-0.4, -0.2) is 18.0 Å². The maximum absolute atomic E-state index is 4.07. The van der Waals surface area contributed by atoms with Crippen LogP contribution in [0.15, 0.2) is 36.1 Å². The molecule has 0 aromatic carbocycles. The highest BCUT2D eigenvalue weighted by atomic mass is 15.1. The van der Waals surface area contributed by atoms with Crippen molar-refractivity contribution in [3.05, 3.63) is 36.1 Å². The van der Waals surface area contributed by atoms with E-state index in [2.05, 4.69) is 58.9 Å². The molecule has 1 nitrogen and oxygen atoms in total. The van der Waals surface area contributed by atoms with Gasteiger partial charge in [-0.1, -0.05) is 38.2 Å². The lowest BCUT2D eigenvalue weighted by atomic mass is 10.1. The third-order valence-electron chi connectivity index (χ3n) is 2.64. The maximum atomic E-state index is 4.07. The number of nitrogens with zero attached hydrogens (tertiary/aromatic N) is 1. The molecule has 0 saturated carbocycles. The minimum absolute atomic E-state index is 0.467. The lowest BCUT2D eigenvalue weighted by molar-refractivity contribution is 0.353. The van der Waals surface area contributed by atoms with Crippen molar-refractivity contribution in [2.75, 3.05) is 7.05 Å². The first kappa shape index (κ1) is 14.0. The van der Waals surface area contributed by atoms with E-state index in [4.69, 9.17) is 0 Å². The topological polar surface area (TPSA) is 3.24 Å². The Morgan fingerprint density at radius 1 is 1.33 bits per heavy atom. The molecule has 0 fully saturated rings. The Labute approximate surface area is 95.2 Å². The van der Waals surface area contributed by atoms with Gasteiger partial charge in [0.05, 0.1) is 0 Å². The van der Waals surface area contributed by atoms with E-state index in [1.54, 1.807) is 0 Å². The first-order valence-electron chi connectivity index (χ1n) is 5.68. The van der Waals surface area contributed by atoms with Crippen LogP contribution in [0.2, 0.25) is 0 Å². The number of allylic oxidation sites excluding steroid dienone is 2. The molecule has 0 heterocycles. The summed E-state index contributed by atoms with van der Waals surface area (Å²) in [6.45, 7) is 16.8. The smallest absolute Gasteiger partial charge is 0.0360 e. The quantitative estimate of drug-likeness (QED) is 0.592. The molecule has 0 spiro atoms. The highest BCUT2D eigenvalue weighted by Crippen LogP contribution is 2.16. The van der Waals surface area contributed by atoms with Crippen molar-refractivity contribution >= 4 is 0 Å². The summed E-state index contributed by atoms with van der Waals surface area (Å²) in [4.78, 5) is 2.15. The molecule has 0 bridgehead atoms. The Morgan fingerprint density at radius 3 is 2.27 bits per heavy atom. The molecule has 0 unspecified atom stereocenters. The molecule has 0 aliphatic heterocycles. The molecule has 0 aliphatic rings. The minimum Gasteiger partial charge on any atom is -0.372 e. The van der Waals surface area contributed by atoms with Crippen LogP contribution in [0.4, 0.5) is 0 Å². The second-order valence-electron chi connectivity index (χ2n) is 4.42. The standard InChI is InChI=1S/C14H25N/c1-8-9-12(4)10-13(5)14(6)15(7)11(2)3/h10-11H,5-6,8-9H2,1-4,7H3. The molecule has 0 aromatic rings. The van der Waals surface area contributed by atoms with E-state index in [1.807, 2.05) is 0 Å². The number of hydrogen-bond donors (Lipinski definition) is 0. The normalized spacial score (nSPS) is 11.7. The Morgan fingerprint density at radius 2 is 1.87 bits per heavy atom. The molecule has 1 heteroatoms. The predicted octanol–water partition coefficient (Wildman–Crippen LogP) is 4.14. The lowest BCUT2D eigenvalue weighted by Crippen LogP contribution is -2.25. The zero-order valence-corrected chi connectivity index (χ0v) is 10.9. The molecule has 0 radical (unpaired) electrons. The molecule has 0 N–H and O–H groups in total. The van der Waals surface area contributed by atoms with Crippen LogP contribution < -0.4 is 0 Å². The van der Waals surface area contributed by atoms with Gasteiger partial charge in [-0.3, -0.25) is 0 Å². The molecule has 86 valence electrons. The second kappa shape index (κ2) is 6.49. The molecule has 0 aliphatic carbocycles. The summed E-state index contributed by atoms with van der Waals surface area (Å²) >= 11 is 0. The molecular formula is C14H25N. The average Bonchev–Trinajstić information content (AvgIpc) is 2.15. The molecular weight excluding hydrogens is 182 g/mol. The number of likely N-dealkylation sites (N-methyl/N-ethyl adjacent to an activating group) is 1. The highest BCUT2D eigenvalue weighted by Gasteiger charge is 2.07. The Balaban J connectivity index is 4.46. The maximum Gasteiger partial charge on any atom is 0.0360 e. The second-order valence-corrected chi connectivity index (χ2v) is 4.42. The summed E-state index contributed by atoms with van der Waals surface area (Å²) < 4.78 is 0. The third-order valence-corrected chi connectivity index (χ3v) is 2.64. The van der Waals surface area contributed by atoms with Gasteiger partial charge in [0.25, 0.3) is 0 Å². The average molecular weight is 207 g/mol. The van der Waals surface area contributed by atoms with E-state index >= 15 is 0 Å². The van der Waals surface area contributed by atoms with Crippen LogP contribution in [-0.2, 0) is 0 Å². The van der Waals surface area contributed by atoms with Gasteiger partial charge in [0.1, 0.15) is 0 Å². The van der Waals surface area contributed by atoms with Crippen LogP contribution in [0.25, 0.3) is 0 Å². The summed E-state index contributed by atoms with van der Waals surface area (Å²) in [5.74, 6) is 0. The fourth-order valence-electron chi connectivity index (χ4n) is 1.39. The number of rotatable bonds is 6. The van der Waals surface area contributed by atoms with Crippen LogP contribution in [0.3, 0.4) is 0 Å². The first-order chi connectivity index (χ1) is 6.90. The van der Waals surface area contributed by atoms with Crippen molar-refractivity contribution in [1.29, 1.82) is 0 Å². The van der Waals surface area contributed by atoms with Gasteiger partial charge in [-0.25, -0.2) is 0 Å². The van der Waals surface area contributed by atoms with Gasteiger partial charge < -0.3 is 4.90 Å². The van der Waals surface area contributed by atoms with Gasteiger partial charge in [-0.05, 0) is 32.8 Å². The summed E-state index contributed by atoms with van der Waals surface area (Å²) in [7, 11) is 2.06. The van der Waals surface area contributed by atoms with Gasteiger partial charge >= 0.3 is 0 Å². The van der Waals surface area contributed by atoms with E-state index in [0.717, 1.165) is 17.7 Å². The van der Waals surface area contributed by atoms with Crippen LogP contribution in [0.5, 0.6) is 0 Å². The van der Waals surface area contributed by atoms with Crippen LogP contribution in [0, 0.1) is 0 Å². The van der Waals surface area contributed by atoms with Crippen molar-refractivity contribution in [3.8, 4) is 0 Å².